The molecule has 7 heteroatoms. The van der Waals surface area contributed by atoms with Crippen LogP contribution in [0.4, 0.5) is 10.3 Å². The first-order chi connectivity index (χ1) is 13.0. The van der Waals surface area contributed by atoms with E-state index in [1.165, 1.54) is 29.0 Å². The van der Waals surface area contributed by atoms with Crippen molar-refractivity contribution in [2.24, 2.45) is 0 Å². The van der Waals surface area contributed by atoms with Crippen molar-refractivity contribution in [2.75, 3.05) is 18.0 Å². The molecule has 2 heterocycles. The van der Waals surface area contributed by atoms with Gasteiger partial charge in [-0.2, -0.15) is 5.26 Å². The zero-order chi connectivity index (χ0) is 19.4. The normalized spacial score (nSPS) is 14.3. The van der Waals surface area contributed by atoms with E-state index in [1.807, 2.05) is 13.8 Å². The molecule has 1 fully saturated rings. The fourth-order valence-corrected chi connectivity index (χ4v) is 3.26. The van der Waals surface area contributed by atoms with Gasteiger partial charge in [-0.05, 0) is 56.9 Å². The van der Waals surface area contributed by atoms with Crippen molar-refractivity contribution in [1.29, 1.82) is 5.26 Å². The highest BCUT2D eigenvalue weighted by molar-refractivity contribution is 5.41. The Hall–Kier alpha value is -2.88. The Kier molecular flexibility index (Phi) is 5.75. The average molecular weight is 370 g/mol. The summed E-state index contributed by atoms with van der Waals surface area (Å²) in [5, 5.41) is 9.34. The van der Waals surface area contributed by atoms with Crippen LogP contribution in [-0.4, -0.2) is 28.7 Å². The van der Waals surface area contributed by atoms with Crippen LogP contribution in [0.15, 0.2) is 29.2 Å². The molecule has 142 valence electrons. The van der Waals surface area contributed by atoms with E-state index in [0.717, 1.165) is 32.4 Å². The molecule has 3 rings (SSSR count). The molecule has 0 amide bonds. The molecule has 1 aromatic heterocycles. The summed E-state index contributed by atoms with van der Waals surface area (Å²) in [5.41, 5.74) is 0.455. The van der Waals surface area contributed by atoms with Crippen LogP contribution in [0.2, 0.25) is 0 Å². The molecule has 1 aliphatic heterocycles. The first kappa shape index (κ1) is 18.9. The van der Waals surface area contributed by atoms with Crippen molar-refractivity contribution in [3.8, 4) is 11.8 Å². The number of benzene rings is 1. The number of nitriles is 1. The number of anilines is 1. The largest absolute Gasteiger partial charge is 0.484 e. The Balaban J connectivity index is 2.08. The van der Waals surface area contributed by atoms with Gasteiger partial charge in [0, 0.05) is 13.1 Å². The zero-order valence-corrected chi connectivity index (χ0v) is 15.6. The highest BCUT2D eigenvalue weighted by atomic mass is 19.1. The van der Waals surface area contributed by atoms with Crippen LogP contribution in [-0.2, 0) is 6.54 Å². The molecule has 0 saturated carbocycles. The van der Waals surface area contributed by atoms with Crippen LogP contribution in [0.5, 0.6) is 5.75 Å². The van der Waals surface area contributed by atoms with Gasteiger partial charge < -0.3 is 9.64 Å². The maximum atomic E-state index is 13.7. The van der Waals surface area contributed by atoms with Crippen LogP contribution in [0, 0.1) is 17.1 Å². The summed E-state index contributed by atoms with van der Waals surface area (Å²) in [7, 11) is 0. The van der Waals surface area contributed by atoms with E-state index < -0.39 is 5.82 Å². The second kappa shape index (κ2) is 8.21. The Morgan fingerprint density at radius 1 is 1.30 bits per heavy atom. The zero-order valence-electron chi connectivity index (χ0n) is 15.6. The van der Waals surface area contributed by atoms with E-state index in [0.29, 0.717) is 17.1 Å². The van der Waals surface area contributed by atoms with Gasteiger partial charge in [0.05, 0.1) is 30.5 Å². The van der Waals surface area contributed by atoms with E-state index in [1.54, 1.807) is 0 Å². The minimum atomic E-state index is -0.445. The van der Waals surface area contributed by atoms with Crippen molar-refractivity contribution in [1.82, 2.24) is 9.55 Å². The Morgan fingerprint density at radius 3 is 2.70 bits per heavy atom. The average Bonchev–Trinajstić information content (AvgIpc) is 2.65. The Labute approximate surface area is 157 Å². The van der Waals surface area contributed by atoms with Crippen molar-refractivity contribution < 1.29 is 9.13 Å². The van der Waals surface area contributed by atoms with E-state index in [2.05, 4.69) is 16.0 Å². The summed E-state index contributed by atoms with van der Waals surface area (Å²) in [4.78, 5) is 19.6. The summed E-state index contributed by atoms with van der Waals surface area (Å²) in [6.45, 7) is 5.36. The van der Waals surface area contributed by atoms with E-state index in [4.69, 9.17) is 4.74 Å². The van der Waals surface area contributed by atoms with E-state index in [9.17, 15) is 14.4 Å². The van der Waals surface area contributed by atoms with Gasteiger partial charge in [-0.1, -0.05) is 0 Å². The highest BCUT2D eigenvalue weighted by Crippen LogP contribution is 2.21. The fourth-order valence-electron chi connectivity index (χ4n) is 3.26. The fraction of sp³-hybridized carbons (Fsp3) is 0.450. The van der Waals surface area contributed by atoms with Gasteiger partial charge in [0.1, 0.15) is 5.82 Å². The lowest BCUT2D eigenvalue weighted by atomic mass is 10.1. The number of aromatic nitrogens is 2. The molecule has 0 atom stereocenters. The Morgan fingerprint density at radius 2 is 2.04 bits per heavy atom. The van der Waals surface area contributed by atoms with Gasteiger partial charge in [0.25, 0.3) is 5.56 Å². The molecule has 1 saturated heterocycles. The molecule has 0 spiro atoms. The molecule has 1 aliphatic rings. The third kappa shape index (κ3) is 4.27. The molecule has 0 N–H and O–H groups in total. The molecule has 2 aromatic rings. The topological polar surface area (TPSA) is 71.2 Å². The predicted octanol–water partition coefficient (Wildman–Crippen LogP) is 3.08. The van der Waals surface area contributed by atoms with Crippen molar-refractivity contribution in [3.63, 3.8) is 0 Å². The van der Waals surface area contributed by atoms with Crippen molar-refractivity contribution in [3.05, 3.63) is 51.7 Å². The summed E-state index contributed by atoms with van der Waals surface area (Å²) >= 11 is 0. The van der Waals surface area contributed by atoms with Crippen LogP contribution in [0.3, 0.4) is 0 Å². The standard InChI is InChI=1S/C20H23FN4O2/c1-14(2)27-18-12-23-20(24-8-4-3-5-9-24)25(19(18)26)13-16-10-17(21)7-6-15(16)11-22/h6-7,10,12,14H,3-5,8-9,13H2,1-2H3. The number of hydrogen-bond donors (Lipinski definition) is 0. The summed E-state index contributed by atoms with van der Waals surface area (Å²) in [6.07, 6.45) is 4.50. The first-order valence-electron chi connectivity index (χ1n) is 9.19. The number of hydrogen-bond acceptors (Lipinski definition) is 5. The van der Waals surface area contributed by atoms with Crippen LogP contribution >= 0.6 is 0 Å². The number of rotatable bonds is 5. The van der Waals surface area contributed by atoms with E-state index in [-0.39, 0.29) is 24.0 Å². The number of piperidine rings is 1. The first-order valence-corrected chi connectivity index (χ1v) is 9.19. The lowest BCUT2D eigenvalue weighted by Gasteiger charge is -2.30. The second-order valence-corrected chi connectivity index (χ2v) is 6.94. The maximum absolute atomic E-state index is 13.7. The molecule has 0 bridgehead atoms. The molecule has 1 aromatic carbocycles. The molecule has 0 unspecified atom stereocenters. The van der Waals surface area contributed by atoms with Gasteiger partial charge in [-0.3, -0.25) is 9.36 Å². The van der Waals surface area contributed by atoms with Gasteiger partial charge in [-0.25, -0.2) is 9.37 Å². The monoisotopic (exact) mass is 370 g/mol. The maximum Gasteiger partial charge on any atom is 0.297 e. The van der Waals surface area contributed by atoms with Gasteiger partial charge >= 0.3 is 0 Å². The molecule has 6 nitrogen and oxygen atoms in total. The molecule has 27 heavy (non-hydrogen) atoms. The molecular formula is C20H23FN4O2. The van der Waals surface area contributed by atoms with Crippen LogP contribution in [0.25, 0.3) is 0 Å². The van der Waals surface area contributed by atoms with Gasteiger partial charge in [0.15, 0.2) is 0 Å². The minimum Gasteiger partial charge on any atom is -0.484 e. The quantitative estimate of drug-likeness (QED) is 0.809. The van der Waals surface area contributed by atoms with Crippen molar-refractivity contribution in [2.45, 2.75) is 45.8 Å². The SMILES string of the molecule is CC(C)Oc1cnc(N2CCCCC2)n(Cc2cc(F)ccc2C#N)c1=O. The predicted molar refractivity (Wildman–Crippen MR) is 101 cm³/mol. The minimum absolute atomic E-state index is 0.0631. The summed E-state index contributed by atoms with van der Waals surface area (Å²) < 4.78 is 20.8. The molecular weight excluding hydrogens is 347 g/mol. The number of nitrogens with zero attached hydrogens (tertiary/aromatic N) is 4. The summed E-state index contributed by atoms with van der Waals surface area (Å²) in [6, 6.07) is 6.03. The van der Waals surface area contributed by atoms with E-state index >= 15 is 0 Å². The van der Waals surface area contributed by atoms with Crippen molar-refractivity contribution >= 4 is 5.95 Å². The lowest BCUT2D eigenvalue weighted by Crippen LogP contribution is -2.37. The van der Waals surface area contributed by atoms with Gasteiger partial charge in [-0.15, -0.1) is 0 Å². The highest BCUT2D eigenvalue weighted by Gasteiger charge is 2.20. The third-order valence-electron chi connectivity index (χ3n) is 4.51. The molecule has 0 aliphatic carbocycles. The number of halogens is 1. The smallest absolute Gasteiger partial charge is 0.297 e. The van der Waals surface area contributed by atoms with Crippen LogP contribution < -0.4 is 15.2 Å². The van der Waals surface area contributed by atoms with Crippen LogP contribution in [0.1, 0.15) is 44.2 Å². The third-order valence-corrected chi connectivity index (χ3v) is 4.51. The Bertz CT molecular complexity index is 911. The lowest BCUT2D eigenvalue weighted by molar-refractivity contribution is 0.236. The second-order valence-electron chi connectivity index (χ2n) is 6.94. The number of ether oxygens (including phenoxy) is 1. The molecule has 0 radical (unpaired) electrons. The summed E-state index contributed by atoms with van der Waals surface area (Å²) in [5.74, 6) is 0.240. The van der Waals surface area contributed by atoms with Gasteiger partial charge in [0.2, 0.25) is 11.7 Å².